The molecule has 0 saturated heterocycles. The molecule has 2 heterocycles. The zero-order valence-corrected chi connectivity index (χ0v) is 13.8. The zero-order valence-electron chi connectivity index (χ0n) is 13.8. The Morgan fingerprint density at radius 2 is 1.88 bits per heavy atom. The lowest BCUT2D eigenvalue weighted by molar-refractivity contribution is -0.116. The van der Waals surface area contributed by atoms with Gasteiger partial charge in [0.1, 0.15) is 5.75 Å². The van der Waals surface area contributed by atoms with Crippen molar-refractivity contribution in [1.29, 1.82) is 0 Å². The van der Waals surface area contributed by atoms with Crippen LogP contribution in [0.3, 0.4) is 0 Å². The summed E-state index contributed by atoms with van der Waals surface area (Å²) in [5, 5.41) is 16.9. The van der Waals surface area contributed by atoms with Gasteiger partial charge in [-0.3, -0.25) is 14.5 Å². The maximum absolute atomic E-state index is 12.0. The predicted molar refractivity (Wildman–Crippen MR) is 95.2 cm³/mol. The second-order valence-electron chi connectivity index (χ2n) is 5.75. The first-order chi connectivity index (χ1) is 12.2. The Balaban J connectivity index is 1.47. The highest BCUT2D eigenvalue weighted by Gasteiger charge is 2.07. The fourth-order valence-corrected chi connectivity index (χ4v) is 2.52. The molecular weight excluding hydrogens is 316 g/mol. The number of aromatic nitrogens is 3. The Bertz CT molecular complexity index is 830. The molecule has 0 bridgehead atoms. The van der Waals surface area contributed by atoms with Crippen LogP contribution in [0.1, 0.15) is 17.5 Å². The number of carbonyl (C=O) groups excluding carboxylic acids is 1. The minimum atomic E-state index is -0.123. The molecule has 0 atom stereocenters. The SMILES string of the molecule is O=C(CCc1ccccc1O)Nc1ccn(CCc2ccncc2)n1. The minimum absolute atomic E-state index is 0.123. The van der Waals surface area contributed by atoms with E-state index in [-0.39, 0.29) is 11.7 Å². The van der Waals surface area contributed by atoms with Gasteiger partial charge in [0.2, 0.25) is 5.91 Å². The smallest absolute Gasteiger partial charge is 0.225 e. The van der Waals surface area contributed by atoms with E-state index >= 15 is 0 Å². The van der Waals surface area contributed by atoms with Gasteiger partial charge in [0, 0.05) is 37.6 Å². The molecule has 0 spiro atoms. The van der Waals surface area contributed by atoms with Gasteiger partial charge in [-0.2, -0.15) is 5.10 Å². The highest BCUT2D eigenvalue weighted by atomic mass is 16.3. The average Bonchev–Trinajstić information content (AvgIpc) is 3.07. The summed E-state index contributed by atoms with van der Waals surface area (Å²) in [4.78, 5) is 16.0. The van der Waals surface area contributed by atoms with Crippen molar-refractivity contribution in [2.45, 2.75) is 25.8 Å². The van der Waals surface area contributed by atoms with E-state index in [0.29, 0.717) is 18.7 Å². The van der Waals surface area contributed by atoms with Crippen molar-refractivity contribution < 1.29 is 9.90 Å². The summed E-state index contributed by atoms with van der Waals surface area (Å²) in [6, 6.07) is 12.8. The van der Waals surface area contributed by atoms with Gasteiger partial charge in [-0.15, -0.1) is 0 Å². The number of anilines is 1. The summed E-state index contributed by atoms with van der Waals surface area (Å²) in [6.45, 7) is 0.734. The third-order valence-corrected chi connectivity index (χ3v) is 3.90. The van der Waals surface area contributed by atoms with Crippen molar-refractivity contribution in [3.05, 3.63) is 72.2 Å². The second-order valence-corrected chi connectivity index (χ2v) is 5.75. The summed E-state index contributed by atoms with van der Waals surface area (Å²) >= 11 is 0. The number of hydrogen-bond donors (Lipinski definition) is 2. The van der Waals surface area contributed by atoms with Gasteiger partial charge in [0.05, 0.1) is 0 Å². The second kappa shape index (κ2) is 8.10. The third kappa shape index (κ3) is 4.91. The molecule has 0 aliphatic heterocycles. The highest BCUT2D eigenvalue weighted by molar-refractivity contribution is 5.89. The van der Waals surface area contributed by atoms with Gasteiger partial charge in [0.15, 0.2) is 5.82 Å². The first-order valence-corrected chi connectivity index (χ1v) is 8.20. The third-order valence-electron chi connectivity index (χ3n) is 3.90. The van der Waals surface area contributed by atoms with Gasteiger partial charge in [-0.25, -0.2) is 0 Å². The van der Waals surface area contributed by atoms with E-state index in [1.54, 1.807) is 35.3 Å². The number of phenols is 1. The topological polar surface area (TPSA) is 80.0 Å². The fraction of sp³-hybridized carbons (Fsp3) is 0.211. The number of para-hydroxylation sites is 1. The first kappa shape index (κ1) is 16.7. The number of carbonyl (C=O) groups is 1. The minimum Gasteiger partial charge on any atom is -0.508 e. The van der Waals surface area contributed by atoms with Crippen LogP contribution < -0.4 is 5.32 Å². The van der Waals surface area contributed by atoms with Crippen LogP contribution in [0, 0.1) is 0 Å². The number of pyridine rings is 1. The fourth-order valence-electron chi connectivity index (χ4n) is 2.52. The quantitative estimate of drug-likeness (QED) is 0.695. The van der Waals surface area contributed by atoms with Crippen LogP contribution >= 0.6 is 0 Å². The van der Waals surface area contributed by atoms with Crippen LogP contribution in [0.4, 0.5) is 5.82 Å². The average molecular weight is 336 g/mol. The van der Waals surface area contributed by atoms with Gasteiger partial charge < -0.3 is 10.4 Å². The van der Waals surface area contributed by atoms with E-state index in [0.717, 1.165) is 18.5 Å². The molecule has 0 aliphatic carbocycles. The molecule has 0 fully saturated rings. The molecule has 0 saturated carbocycles. The molecule has 6 heteroatoms. The molecule has 2 aromatic heterocycles. The summed E-state index contributed by atoms with van der Waals surface area (Å²) in [6.07, 6.45) is 7.02. The summed E-state index contributed by atoms with van der Waals surface area (Å²) in [5.41, 5.74) is 1.96. The number of phenolic OH excluding ortho intramolecular Hbond substituents is 1. The van der Waals surface area contributed by atoms with Crippen molar-refractivity contribution in [3.63, 3.8) is 0 Å². The number of nitrogens with one attached hydrogen (secondary N) is 1. The number of hydrogen-bond acceptors (Lipinski definition) is 4. The number of aryl methyl sites for hydroxylation is 3. The maximum atomic E-state index is 12.0. The van der Waals surface area contributed by atoms with Crippen LogP contribution in [-0.2, 0) is 24.2 Å². The van der Waals surface area contributed by atoms with Crippen molar-refractivity contribution >= 4 is 11.7 Å². The molecule has 0 radical (unpaired) electrons. The molecular formula is C19H20N4O2. The number of aromatic hydroxyl groups is 1. The van der Waals surface area contributed by atoms with Crippen molar-refractivity contribution in [2.24, 2.45) is 0 Å². The van der Waals surface area contributed by atoms with Gasteiger partial charge in [-0.05, 0) is 42.2 Å². The predicted octanol–water partition coefficient (Wildman–Crippen LogP) is 2.80. The lowest BCUT2D eigenvalue weighted by atomic mass is 10.1. The molecule has 0 aliphatic rings. The van der Waals surface area contributed by atoms with Gasteiger partial charge >= 0.3 is 0 Å². The van der Waals surface area contributed by atoms with Crippen molar-refractivity contribution in [3.8, 4) is 5.75 Å². The number of rotatable bonds is 7. The molecule has 128 valence electrons. The van der Waals surface area contributed by atoms with Gasteiger partial charge in [-0.1, -0.05) is 18.2 Å². The van der Waals surface area contributed by atoms with Crippen LogP contribution in [0.2, 0.25) is 0 Å². The molecule has 1 aromatic carbocycles. The lowest BCUT2D eigenvalue weighted by Gasteiger charge is -2.05. The summed E-state index contributed by atoms with van der Waals surface area (Å²) in [7, 11) is 0. The Kier molecular flexibility index (Phi) is 5.41. The Labute approximate surface area is 146 Å². The van der Waals surface area contributed by atoms with E-state index in [1.165, 1.54) is 5.56 Å². The Hall–Kier alpha value is -3.15. The Morgan fingerprint density at radius 1 is 1.08 bits per heavy atom. The first-order valence-electron chi connectivity index (χ1n) is 8.20. The van der Waals surface area contributed by atoms with Crippen LogP contribution in [-0.4, -0.2) is 25.8 Å². The monoisotopic (exact) mass is 336 g/mol. The summed E-state index contributed by atoms with van der Waals surface area (Å²) in [5.74, 6) is 0.635. The normalized spacial score (nSPS) is 10.6. The van der Waals surface area contributed by atoms with Crippen molar-refractivity contribution in [1.82, 2.24) is 14.8 Å². The van der Waals surface area contributed by atoms with Crippen LogP contribution in [0.5, 0.6) is 5.75 Å². The van der Waals surface area contributed by atoms with Crippen molar-refractivity contribution in [2.75, 3.05) is 5.32 Å². The molecule has 1 amide bonds. The molecule has 2 N–H and O–H groups in total. The standard InChI is InChI=1S/C19H20N4O2/c24-17-4-2-1-3-16(17)5-6-19(25)21-18-10-14-23(22-18)13-9-15-7-11-20-12-8-15/h1-4,7-8,10-12,14,24H,5-6,9,13H2,(H,21,22,25). The number of benzene rings is 1. The van der Waals surface area contributed by atoms with E-state index in [2.05, 4.69) is 15.4 Å². The molecule has 3 rings (SSSR count). The zero-order chi connectivity index (χ0) is 17.5. The Morgan fingerprint density at radius 3 is 2.68 bits per heavy atom. The van der Waals surface area contributed by atoms with E-state index in [1.807, 2.05) is 30.5 Å². The van der Waals surface area contributed by atoms with E-state index in [9.17, 15) is 9.90 Å². The molecule has 6 nitrogen and oxygen atoms in total. The van der Waals surface area contributed by atoms with Crippen LogP contribution in [0.15, 0.2) is 61.1 Å². The van der Waals surface area contributed by atoms with E-state index < -0.39 is 0 Å². The van der Waals surface area contributed by atoms with Crippen LogP contribution in [0.25, 0.3) is 0 Å². The van der Waals surface area contributed by atoms with E-state index in [4.69, 9.17) is 0 Å². The molecule has 25 heavy (non-hydrogen) atoms. The number of amides is 1. The maximum Gasteiger partial charge on any atom is 0.225 e. The highest BCUT2D eigenvalue weighted by Crippen LogP contribution is 2.17. The molecule has 3 aromatic rings. The lowest BCUT2D eigenvalue weighted by Crippen LogP contribution is -2.13. The molecule has 0 unspecified atom stereocenters. The largest absolute Gasteiger partial charge is 0.508 e. The van der Waals surface area contributed by atoms with Gasteiger partial charge in [0.25, 0.3) is 0 Å². The number of nitrogens with zero attached hydrogens (tertiary/aromatic N) is 3. The summed E-state index contributed by atoms with van der Waals surface area (Å²) < 4.78 is 1.80.